The summed E-state index contributed by atoms with van der Waals surface area (Å²) < 4.78 is 6.04. The highest BCUT2D eigenvalue weighted by Gasteiger charge is 2.46. The van der Waals surface area contributed by atoms with Gasteiger partial charge in [0.05, 0.1) is 0 Å². The van der Waals surface area contributed by atoms with Gasteiger partial charge in [-0.1, -0.05) is 39.8 Å². The van der Waals surface area contributed by atoms with Crippen LogP contribution < -0.4 is 10.1 Å². The number of ether oxygens (including phenoxy) is 1. The largest absolute Gasteiger partial charge is 0.457 e. The van der Waals surface area contributed by atoms with Gasteiger partial charge in [-0.2, -0.15) is 0 Å². The third-order valence-electron chi connectivity index (χ3n) is 6.80. The Balaban J connectivity index is 1.62. The van der Waals surface area contributed by atoms with Crippen molar-refractivity contribution in [2.75, 3.05) is 0 Å². The highest BCUT2D eigenvalue weighted by atomic mass is 16.5. The molecule has 0 saturated carbocycles. The number of hydrogen-bond donors (Lipinski definition) is 1. The van der Waals surface area contributed by atoms with E-state index in [-0.39, 0.29) is 28.3 Å². The first kappa shape index (κ1) is 21.6. The molecular formula is C28H30N2O3. The number of aromatic nitrogens is 1. The second kappa shape index (κ2) is 7.68. The number of pyridine rings is 1. The van der Waals surface area contributed by atoms with Crippen LogP contribution in [0.5, 0.6) is 11.5 Å². The fourth-order valence-electron chi connectivity index (χ4n) is 5.52. The minimum Gasteiger partial charge on any atom is -0.457 e. The Hall–Kier alpha value is -3.21. The predicted octanol–water partition coefficient (Wildman–Crippen LogP) is 5.85. The number of ketones is 2. The minimum atomic E-state index is -0.357. The Labute approximate surface area is 195 Å². The second-order valence-corrected chi connectivity index (χ2v) is 11.1. The van der Waals surface area contributed by atoms with E-state index in [0.717, 1.165) is 40.9 Å². The van der Waals surface area contributed by atoms with Crippen LogP contribution in [0.1, 0.15) is 64.9 Å². The van der Waals surface area contributed by atoms with E-state index >= 15 is 0 Å². The Morgan fingerprint density at radius 3 is 1.97 bits per heavy atom. The molecule has 2 aliphatic carbocycles. The number of nitrogens with one attached hydrogen (secondary N) is 1. The molecular weight excluding hydrogens is 412 g/mol. The summed E-state index contributed by atoms with van der Waals surface area (Å²) in [5.74, 6) is 1.27. The Bertz CT molecular complexity index is 1150. The summed E-state index contributed by atoms with van der Waals surface area (Å²) in [6, 6.07) is 11.4. The zero-order valence-corrected chi connectivity index (χ0v) is 19.7. The lowest BCUT2D eigenvalue weighted by Crippen LogP contribution is -2.42. The molecule has 0 amide bonds. The van der Waals surface area contributed by atoms with E-state index in [1.54, 1.807) is 24.5 Å². The van der Waals surface area contributed by atoms with Gasteiger partial charge in [0.1, 0.15) is 11.5 Å². The number of carbonyl (C=O) groups excluding carboxylic acids is 2. The van der Waals surface area contributed by atoms with Crippen LogP contribution in [0, 0.1) is 10.8 Å². The van der Waals surface area contributed by atoms with E-state index in [0.29, 0.717) is 24.3 Å². The van der Waals surface area contributed by atoms with Crippen molar-refractivity contribution in [3.05, 3.63) is 76.9 Å². The van der Waals surface area contributed by atoms with E-state index < -0.39 is 0 Å². The van der Waals surface area contributed by atoms with Gasteiger partial charge in [-0.3, -0.25) is 14.6 Å². The van der Waals surface area contributed by atoms with E-state index in [1.165, 1.54) is 0 Å². The number of dihydropyridines is 1. The van der Waals surface area contributed by atoms with Crippen LogP contribution in [-0.4, -0.2) is 16.6 Å². The average molecular weight is 443 g/mol. The maximum absolute atomic E-state index is 13.4. The van der Waals surface area contributed by atoms with Gasteiger partial charge in [0, 0.05) is 53.7 Å². The Morgan fingerprint density at radius 2 is 1.39 bits per heavy atom. The summed E-state index contributed by atoms with van der Waals surface area (Å²) in [6.07, 6.45) is 5.93. The lowest BCUT2D eigenvalue weighted by molar-refractivity contribution is -0.119. The van der Waals surface area contributed by atoms with Crippen molar-refractivity contribution in [2.45, 2.75) is 59.3 Å². The van der Waals surface area contributed by atoms with Crippen molar-refractivity contribution < 1.29 is 14.3 Å². The highest BCUT2D eigenvalue weighted by molar-refractivity contribution is 6.06. The van der Waals surface area contributed by atoms with E-state index in [9.17, 15) is 9.59 Å². The number of benzene rings is 1. The quantitative estimate of drug-likeness (QED) is 0.646. The molecule has 0 atom stereocenters. The molecule has 0 saturated heterocycles. The summed E-state index contributed by atoms with van der Waals surface area (Å²) in [5.41, 5.74) is 4.17. The zero-order valence-electron chi connectivity index (χ0n) is 19.7. The molecule has 3 aliphatic rings. The van der Waals surface area contributed by atoms with E-state index in [1.807, 2.05) is 24.3 Å². The molecule has 2 aromatic rings. The molecule has 33 heavy (non-hydrogen) atoms. The normalized spacial score (nSPS) is 21.9. The van der Waals surface area contributed by atoms with E-state index in [2.05, 4.69) is 38.0 Å². The summed E-state index contributed by atoms with van der Waals surface area (Å²) in [4.78, 5) is 30.9. The highest BCUT2D eigenvalue weighted by Crippen LogP contribution is 2.51. The van der Waals surface area contributed by atoms with E-state index in [4.69, 9.17) is 4.74 Å². The van der Waals surface area contributed by atoms with Crippen LogP contribution in [-0.2, 0) is 9.59 Å². The maximum atomic E-state index is 13.4. The first-order valence-corrected chi connectivity index (χ1v) is 11.6. The molecule has 0 bridgehead atoms. The van der Waals surface area contributed by atoms with Crippen molar-refractivity contribution >= 4 is 11.6 Å². The number of Topliss-reactive ketones (excluding diaryl/α,β-unsaturated/α-hetero) is 2. The molecule has 5 nitrogen and oxygen atoms in total. The average Bonchev–Trinajstić information content (AvgIpc) is 2.71. The summed E-state index contributed by atoms with van der Waals surface area (Å²) in [5, 5.41) is 3.56. The zero-order chi connectivity index (χ0) is 23.4. The monoisotopic (exact) mass is 442 g/mol. The third-order valence-corrected chi connectivity index (χ3v) is 6.80. The molecule has 0 fully saturated rings. The van der Waals surface area contributed by atoms with Gasteiger partial charge in [-0.15, -0.1) is 0 Å². The van der Waals surface area contributed by atoms with Crippen molar-refractivity contribution in [2.24, 2.45) is 10.8 Å². The number of carbonyl (C=O) groups is 2. The van der Waals surface area contributed by atoms with Gasteiger partial charge in [0.15, 0.2) is 11.6 Å². The van der Waals surface area contributed by atoms with Gasteiger partial charge >= 0.3 is 0 Å². The third kappa shape index (κ3) is 4.12. The first-order valence-electron chi connectivity index (χ1n) is 11.6. The van der Waals surface area contributed by atoms with Crippen molar-refractivity contribution in [1.29, 1.82) is 0 Å². The van der Waals surface area contributed by atoms with Crippen molar-refractivity contribution in [1.82, 2.24) is 10.3 Å². The topological polar surface area (TPSA) is 68.3 Å². The Kier molecular flexibility index (Phi) is 5.04. The van der Waals surface area contributed by atoms with Gasteiger partial charge in [0.25, 0.3) is 0 Å². The fourth-order valence-corrected chi connectivity index (χ4v) is 5.52. The van der Waals surface area contributed by atoms with Gasteiger partial charge < -0.3 is 10.1 Å². The van der Waals surface area contributed by atoms with Crippen LogP contribution in [0.4, 0.5) is 0 Å². The smallest absolute Gasteiger partial charge is 0.162 e. The fraction of sp³-hybridized carbons (Fsp3) is 0.393. The molecule has 5 rings (SSSR count). The second-order valence-electron chi connectivity index (χ2n) is 11.1. The molecule has 1 aliphatic heterocycles. The molecule has 0 radical (unpaired) electrons. The summed E-state index contributed by atoms with van der Waals surface area (Å²) >= 11 is 0. The van der Waals surface area contributed by atoms with Crippen LogP contribution in [0.2, 0.25) is 0 Å². The molecule has 1 aromatic heterocycles. The lowest BCUT2D eigenvalue weighted by Gasteiger charge is -2.44. The molecule has 5 heteroatoms. The molecule has 0 spiro atoms. The predicted molar refractivity (Wildman–Crippen MR) is 127 cm³/mol. The number of rotatable bonds is 3. The maximum Gasteiger partial charge on any atom is 0.162 e. The van der Waals surface area contributed by atoms with Crippen LogP contribution in [0.25, 0.3) is 0 Å². The van der Waals surface area contributed by atoms with Crippen LogP contribution in [0.3, 0.4) is 0 Å². The number of allylic oxidation sites excluding steroid dienone is 4. The Morgan fingerprint density at radius 1 is 0.818 bits per heavy atom. The standard InChI is InChI=1S/C28H30N2O3/c1-27(2)13-20-25(22(31)15-27)24(26-21(30-20)14-28(3,4)16-23(26)32)17-6-5-7-19(12-17)33-18-8-10-29-11-9-18/h5-12,24,30H,13-16H2,1-4H3. The number of nitrogens with zero attached hydrogens (tertiary/aromatic N) is 1. The molecule has 2 heterocycles. The first-order chi connectivity index (χ1) is 15.6. The molecule has 1 N–H and O–H groups in total. The minimum absolute atomic E-state index is 0.105. The molecule has 170 valence electrons. The van der Waals surface area contributed by atoms with Gasteiger partial charge in [-0.05, 0) is 53.5 Å². The summed E-state index contributed by atoms with van der Waals surface area (Å²) in [6.45, 7) is 8.53. The molecule has 0 unspecified atom stereocenters. The van der Waals surface area contributed by atoms with Crippen molar-refractivity contribution in [3.8, 4) is 11.5 Å². The van der Waals surface area contributed by atoms with Crippen LogP contribution in [0.15, 0.2) is 71.3 Å². The van der Waals surface area contributed by atoms with Gasteiger partial charge in [0.2, 0.25) is 0 Å². The number of hydrogen-bond acceptors (Lipinski definition) is 5. The SMILES string of the molecule is CC1(C)CC(=O)C2=C(C1)NC1=C(C(=O)CC(C)(C)C1)C2c1cccc(Oc2ccncc2)c1. The van der Waals surface area contributed by atoms with Gasteiger partial charge in [-0.25, -0.2) is 0 Å². The summed E-state index contributed by atoms with van der Waals surface area (Å²) in [7, 11) is 0. The van der Waals surface area contributed by atoms with Crippen LogP contribution >= 0.6 is 0 Å². The van der Waals surface area contributed by atoms with Crippen molar-refractivity contribution in [3.63, 3.8) is 0 Å². The molecule has 1 aromatic carbocycles. The lowest BCUT2D eigenvalue weighted by atomic mass is 9.64.